The Morgan fingerprint density at radius 3 is 1.80 bits per heavy atom. The average Bonchev–Trinajstić information content (AvgIpc) is 3.16. The van der Waals surface area contributed by atoms with E-state index in [4.69, 9.17) is 0 Å². The number of rotatable bonds is 4. The molecule has 4 heteroatoms. The van der Waals surface area contributed by atoms with Crippen molar-refractivity contribution in [3.8, 4) is 22.3 Å². The number of fused-ring (bicyclic) bond motifs is 4. The predicted molar refractivity (Wildman–Crippen MR) is 208 cm³/mol. The Morgan fingerprint density at radius 2 is 1.04 bits per heavy atom. The van der Waals surface area contributed by atoms with Gasteiger partial charge in [-0.05, 0) is 88.0 Å². The van der Waals surface area contributed by atoms with E-state index in [2.05, 4.69) is 140 Å². The van der Waals surface area contributed by atoms with Crippen LogP contribution in [0.3, 0.4) is 0 Å². The fraction of sp³-hybridized carbons (Fsp3) is 0.0667. The van der Waals surface area contributed by atoms with Gasteiger partial charge in [-0.1, -0.05) is 141 Å². The van der Waals surface area contributed by atoms with Crippen molar-refractivity contribution in [2.75, 3.05) is 4.90 Å². The van der Waals surface area contributed by atoms with Crippen LogP contribution >= 0.6 is 18.9 Å². The fourth-order valence-corrected chi connectivity index (χ4v) is 12.3. The zero-order valence-electron chi connectivity index (χ0n) is 27.4. The maximum atomic E-state index is 15.2. The van der Waals surface area contributed by atoms with Crippen LogP contribution < -0.4 is 20.8 Å². The van der Waals surface area contributed by atoms with E-state index in [1.165, 1.54) is 33.6 Å². The molecule has 0 fully saturated rings. The van der Waals surface area contributed by atoms with E-state index in [1.807, 2.05) is 48.5 Å². The van der Waals surface area contributed by atoms with Gasteiger partial charge in [-0.25, -0.2) is 0 Å². The lowest BCUT2D eigenvalue weighted by molar-refractivity contribution is 0.591. The summed E-state index contributed by atoms with van der Waals surface area (Å²) in [7, 11) is -3.05. The van der Waals surface area contributed by atoms with E-state index < -0.39 is 7.14 Å². The van der Waals surface area contributed by atoms with Crippen molar-refractivity contribution in [1.29, 1.82) is 0 Å². The molecule has 0 amide bonds. The van der Waals surface area contributed by atoms with Crippen molar-refractivity contribution >= 4 is 51.9 Å². The third-order valence-electron chi connectivity index (χ3n) is 10.1. The van der Waals surface area contributed by atoms with E-state index >= 15 is 4.57 Å². The quantitative estimate of drug-likeness (QED) is 0.174. The maximum Gasteiger partial charge on any atom is 0.173 e. The third kappa shape index (κ3) is 4.76. The van der Waals surface area contributed by atoms with E-state index in [0.717, 1.165) is 42.5 Å². The summed E-state index contributed by atoms with van der Waals surface area (Å²) < 4.78 is 15.2. The standard InChI is InChI=1S/C45H34NOPS/c1-45(2)37-17-9-10-18-39(37)46(35-13-5-3-6-14-35)40-27-25-33(29-38(40)45)31-21-23-32(24-22-31)34-26-28-44-42(30-34)48(47,36-15-7-4-8-16-36)41-19-11-12-20-43(41)49-44/h3-30H,1-2H3. The lowest BCUT2D eigenvalue weighted by Crippen LogP contribution is -2.30. The molecule has 0 aliphatic carbocycles. The molecule has 2 nitrogen and oxygen atoms in total. The van der Waals surface area contributed by atoms with E-state index in [9.17, 15) is 0 Å². The van der Waals surface area contributed by atoms with Crippen molar-refractivity contribution in [3.63, 3.8) is 0 Å². The highest BCUT2D eigenvalue weighted by atomic mass is 32.2. The van der Waals surface area contributed by atoms with E-state index in [1.54, 1.807) is 11.8 Å². The molecule has 7 aromatic carbocycles. The molecular weight excluding hydrogens is 634 g/mol. The van der Waals surface area contributed by atoms with Gasteiger partial charge < -0.3 is 9.46 Å². The van der Waals surface area contributed by atoms with Crippen LogP contribution in [0.4, 0.5) is 17.1 Å². The van der Waals surface area contributed by atoms with Crippen LogP contribution in [-0.2, 0) is 9.98 Å². The highest BCUT2D eigenvalue weighted by molar-refractivity contribution is 8.02. The van der Waals surface area contributed by atoms with Gasteiger partial charge in [0, 0.05) is 36.8 Å². The second-order valence-corrected chi connectivity index (χ2v) is 17.1. The first-order valence-corrected chi connectivity index (χ1v) is 19.2. The summed E-state index contributed by atoms with van der Waals surface area (Å²) in [5.74, 6) is 0. The van der Waals surface area contributed by atoms with Crippen molar-refractivity contribution in [1.82, 2.24) is 0 Å². The molecule has 0 saturated carbocycles. The molecule has 236 valence electrons. The summed E-state index contributed by atoms with van der Waals surface area (Å²) in [4.78, 5) is 4.53. The molecule has 2 aliphatic rings. The molecule has 0 bridgehead atoms. The minimum absolute atomic E-state index is 0.167. The van der Waals surface area contributed by atoms with Gasteiger partial charge >= 0.3 is 0 Å². The molecule has 49 heavy (non-hydrogen) atoms. The Morgan fingerprint density at radius 1 is 0.490 bits per heavy atom. The average molecular weight is 668 g/mol. The molecule has 1 unspecified atom stereocenters. The predicted octanol–water partition coefficient (Wildman–Crippen LogP) is 11.2. The van der Waals surface area contributed by atoms with Gasteiger partial charge in [0.05, 0.1) is 11.4 Å². The van der Waals surface area contributed by atoms with Crippen molar-refractivity contribution in [2.45, 2.75) is 29.1 Å². The molecule has 0 spiro atoms. The van der Waals surface area contributed by atoms with Gasteiger partial charge in [-0.3, -0.25) is 0 Å². The Kier molecular flexibility index (Phi) is 7.06. The Hall–Kier alpha value is -5.08. The lowest BCUT2D eigenvalue weighted by atomic mass is 9.73. The summed E-state index contributed by atoms with van der Waals surface area (Å²) in [6, 6.07) is 59.8. The third-order valence-corrected chi connectivity index (χ3v) is 14.7. The first kappa shape index (κ1) is 30.0. The minimum Gasteiger partial charge on any atom is -0.310 e. The van der Waals surface area contributed by atoms with Gasteiger partial charge in [0.15, 0.2) is 7.14 Å². The molecule has 7 aromatic rings. The minimum atomic E-state index is -3.05. The molecule has 2 heterocycles. The monoisotopic (exact) mass is 667 g/mol. The number of hydrogen-bond donors (Lipinski definition) is 0. The van der Waals surface area contributed by atoms with Crippen LogP contribution in [0.2, 0.25) is 0 Å². The molecule has 0 N–H and O–H groups in total. The Balaban J connectivity index is 1.10. The van der Waals surface area contributed by atoms with Gasteiger partial charge in [0.1, 0.15) is 0 Å². The van der Waals surface area contributed by atoms with E-state index in [0.29, 0.717) is 0 Å². The molecule has 0 saturated heterocycles. The summed E-state index contributed by atoms with van der Waals surface area (Å²) in [5, 5.41) is 2.72. The highest BCUT2D eigenvalue weighted by Gasteiger charge is 2.39. The summed E-state index contributed by atoms with van der Waals surface area (Å²) in [5.41, 5.74) is 10.6. The molecular formula is C45H34NOPS. The van der Waals surface area contributed by atoms with Crippen LogP contribution in [0.1, 0.15) is 25.0 Å². The zero-order chi connectivity index (χ0) is 33.2. The fourth-order valence-electron chi connectivity index (χ4n) is 7.59. The number of hydrogen-bond acceptors (Lipinski definition) is 3. The smallest absolute Gasteiger partial charge is 0.173 e. The largest absolute Gasteiger partial charge is 0.310 e. The van der Waals surface area contributed by atoms with E-state index in [-0.39, 0.29) is 5.41 Å². The first-order valence-electron chi connectivity index (χ1n) is 16.7. The number of anilines is 3. The topological polar surface area (TPSA) is 20.3 Å². The summed E-state index contributed by atoms with van der Waals surface area (Å²) >= 11 is 1.71. The highest BCUT2D eigenvalue weighted by Crippen LogP contribution is 2.54. The molecule has 9 rings (SSSR count). The maximum absolute atomic E-state index is 15.2. The van der Waals surface area contributed by atoms with Gasteiger partial charge in [-0.15, -0.1) is 0 Å². The zero-order valence-corrected chi connectivity index (χ0v) is 29.1. The van der Waals surface area contributed by atoms with Crippen molar-refractivity contribution in [3.05, 3.63) is 181 Å². The van der Waals surface area contributed by atoms with Crippen LogP contribution in [0.5, 0.6) is 0 Å². The summed E-state index contributed by atoms with van der Waals surface area (Å²) in [6.07, 6.45) is 0. The Labute approximate surface area is 292 Å². The van der Waals surface area contributed by atoms with Gasteiger partial charge in [-0.2, -0.15) is 0 Å². The molecule has 0 aromatic heterocycles. The lowest BCUT2D eigenvalue weighted by Gasteiger charge is -2.42. The van der Waals surface area contributed by atoms with Crippen molar-refractivity contribution < 1.29 is 4.57 Å². The second kappa shape index (κ2) is 11.5. The molecule has 2 aliphatic heterocycles. The van der Waals surface area contributed by atoms with Crippen molar-refractivity contribution in [2.24, 2.45) is 0 Å². The van der Waals surface area contributed by atoms with Crippen LogP contribution in [-0.4, -0.2) is 0 Å². The number of nitrogens with zero attached hydrogens (tertiary/aromatic N) is 1. The van der Waals surface area contributed by atoms with Gasteiger partial charge in [0.2, 0.25) is 0 Å². The number of para-hydroxylation sites is 2. The SMILES string of the molecule is CC1(C)c2ccccc2N(c2ccccc2)c2ccc(-c3ccc(-c4ccc5c(c4)P(=O)(c4ccccc4)c4ccccc4S5)cc3)cc21. The van der Waals surface area contributed by atoms with Crippen LogP contribution in [0.15, 0.2) is 180 Å². The van der Waals surface area contributed by atoms with Crippen LogP contribution in [0.25, 0.3) is 22.3 Å². The van der Waals surface area contributed by atoms with Gasteiger partial charge in [0.25, 0.3) is 0 Å². The number of benzene rings is 7. The second-order valence-electron chi connectivity index (χ2n) is 13.3. The van der Waals surface area contributed by atoms with Crippen LogP contribution in [0, 0.1) is 0 Å². The molecule has 0 radical (unpaired) electrons. The first-order chi connectivity index (χ1) is 23.9. The normalized spacial score (nSPS) is 17.0. The summed E-state index contributed by atoms with van der Waals surface area (Å²) in [6.45, 7) is 4.67. The molecule has 1 atom stereocenters. The Bertz CT molecular complexity index is 2420.